The lowest BCUT2D eigenvalue weighted by Crippen LogP contribution is -2.08. The van der Waals surface area contributed by atoms with Crippen LogP contribution in [0.2, 0.25) is 5.02 Å². The smallest absolute Gasteiger partial charge is 0.337 e. The van der Waals surface area contributed by atoms with Gasteiger partial charge in [0.15, 0.2) is 11.3 Å². The minimum atomic E-state index is -4.53. The average Bonchev–Trinajstić information content (AvgIpc) is 2.97. The normalized spacial score (nSPS) is 12.2. The zero-order valence-corrected chi connectivity index (χ0v) is 12.7. The second kappa shape index (κ2) is 5.17. The second-order valence-electron chi connectivity index (χ2n) is 5.18. The Hall–Kier alpha value is -2.67. The predicted molar refractivity (Wildman–Crippen MR) is 84.6 cm³/mol. The van der Waals surface area contributed by atoms with Crippen molar-refractivity contribution in [2.24, 2.45) is 0 Å². The molecule has 4 aromatic rings. The van der Waals surface area contributed by atoms with E-state index in [1.807, 2.05) is 18.2 Å². The number of nitrogens with zero attached hydrogens (tertiary/aromatic N) is 3. The van der Waals surface area contributed by atoms with Crippen molar-refractivity contribution in [3.05, 3.63) is 53.3 Å². The number of H-pyrrole nitrogens is 1. The van der Waals surface area contributed by atoms with Crippen LogP contribution >= 0.6 is 11.6 Å². The highest BCUT2D eigenvalue weighted by Gasteiger charge is 2.33. The Balaban J connectivity index is 1.86. The van der Waals surface area contributed by atoms with Crippen molar-refractivity contribution < 1.29 is 13.2 Å². The number of aromatic amines is 1. The van der Waals surface area contributed by atoms with Gasteiger partial charge in [0.1, 0.15) is 5.52 Å². The number of hydrogen-bond donors (Lipinski definition) is 1. The maximum atomic E-state index is 12.7. The molecule has 0 aliphatic rings. The molecule has 0 aliphatic heterocycles. The summed E-state index contributed by atoms with van der Waals surface area (Å²) >= 11 is 6.14. The molecule has 0 saturated carbocycles. The molecular weight excluding hydrogens is 341 g/mol. The summed E-state index contributed by atoms with van der Waals surface area (Å²) in [6, 6.07) is 10.5. The van der Waals surface area contributed by atoms with Crippen LogP contribution in [-0.2, 0) is 6.18 Å². The maximum Gasteiger partial charge on any atom is 0.434 e. The molecule has 0 bridgehead atoms. The molecule has 3 heterocycles. The van der Waals surface area contributed by atoms with E-state index in [1.165, 1.54) is 6.07 Å². The number of nitrogens with one attached hydrogen (secondary N) is 1. The first kappa shape index (κ1) is 14.9. The summed E-state index contributed by atoms with van der Waals surface area (Å²) in [4.78, 5) is 14.8. The Bertz CT molecular complexity index is 1070. The van der Waals surface area contributed by atoms with Crippen LogP contribution in [0.15, 0.2) is 42.6 Å². The molecule has 3 aromatic heterocycles. The number of para-hydroxylation sites is 1. The van der Waals surface area contributed by atoms with Gasteiger partial charge < -0.3 is 4.98 Å². The van der Waals surface area contributed by atoms with Gasteiger partial charge in [0.25, 0.3) is 0 Å². The van der Waals surface area contributed by atoms with E-state index in [2.05, 4.69) is 19.9 Å². The number of alkyl halides is 3. The summed E-state index contributed by atoms with van der Waals surface area (Å²) in [6.07, 6.45) is -3.83. The molecule has 0 amide bonds. The van der Waals surface area contributed by atoms with Crippen molar-refractivity contribution in [3.63, 3.8) is 0 Å². The fourth-order valence-electron chi connectivity index (χ4n) is 2.44. The van der Waals surface area contributed by atoms with Crippen LogP contribution in [0.1, 0.15) is 5.69 Å². The van der Waals surface area contributed by atoms with Gasteiger partial charge in [-0.2, -0.15) is 13.2 Å². The van der Waals surface area contributed by atoms with Gasteiger partial charge in [-0.1, -0.05) is 29.8 Å². The minimum absolute atomic E-state index is 0.126. The molecule has 0 radical (unpaired) electrons. The van der Waals surface area contributed by atoms with E-state index in [1.54, 1.807) is 12.1 Å². The first-order valence-electron chi connectivity index (χ1n) is 6.90. The van der Waals surface area contributed by atoms with Crippen molar-refractivity contribution in [2.75, 3.05) is 0 Å². The third kappa shape index (κ3) is 2.46. The van der Waals surface area contributed by atoms with E-state index in [0.29, 0.717) is 28.1 Å². The van der Waals surface area contributed by atoms with Gasteiger partial charge in [-0.15, -0.1) is 0 Å². The first-order chi connectivity index (χ1) is 11.4. The fourth-order valence-corrected chi connectivity index (χ4v) is 2.66. The fraction of sp³-hybridized carbons (Fsp3) is 0.0625. The van der Waals surface area contributed by atoms with Crippen LogP contribution in [-0.4, -0.2) is 19.9 Å². The van der Waals surface area contributed by atoms with E-state index in [9.17, 15) is 13.2 Å². The number of benzene rings is 1. The third-order valence-corrected chi connectivity index (χ3v) is 3.88. The Morgan fingerprint density at radius 3 is 2.67 bits per heavy atom. The lowest BCUT2D eigenvalue weighted by Gasteiger charge is -2.03. The largest absolute Gasteiger partial charge is 0.434 e. The highest BCUT2D eigenvalue weighted by atomic mass is 35.5. The molecule has 1 aromatic carbocycles. The highest BCUT2D eigenvalue weighted by molar-refractivity contribution is 6.35. The van der Waals surface area contributed by atoms with Crippen molar-refractivity contribution in [1.29, 1.82) is 0 Å². The maximum absolute atomic E-state index is 12.7. The van der Waals surface area contributed by atoms with Gasteiger partial charge in [0.2, 0.25) is 0 Å². The van der Waals surface area contributed by atoms with Gasteiger partial charge in [0, 0.05) is 5.39 Å². The molecular formula is C16H8ClF3N4. The van der Waals surface area contributed by atoms with Gasteiger partial charge in [-0.3, -0.25) is 0 Å². The topological polar surface area (TPSA) is 54.5 Å². The Morgan fingerprint density at radius 1 is 1.04 bits per heavy atom. The molecule has 0 aliphatic carbocycles. The van der Waals surface area contributed by atoms with Crippen LogP contribution < -0.4 is 0 Å². The number of aromatic nitrogens is 4. The average molecular weight is 349 g/mol. The van der Waals surface area contributed by atoms with Gasteiger partial charge in [0.05, 0.1) is 28.1 Å². The van der Waals surface area contributed by atoms with E-state index < -0.39 is 11.9 Å². The molecule has 0 saturated heterocycles. The van der Waals surface area contributed by atoms with E-state index in [-0.39, 0.29) is 11.2 Å². The lowest BCUT2D eigenvalue weighted by atomic mass is 10.2. The minimum Gasteiger partial charge on any atom is -0.337 e. The summed E-state index contributed by atoms with van der Waals surface area (Å²) in [7, 11) is 0. The number of pyridine rings is 1. The summed E-state index contributed by atoms with van der Waals surface area (Å²) < 4.78 is 38.2. The molecule has 4 nitrogen and oxygen atoms in total. The van der Waals surface area contributed by atoms with Crippen LogP contribution in [0.25, 0.3) is 33.5 Å². The van der Waals surface area contributed by atoms with Crippen LogP contribution in [0.5, 0.6) is 0 Å². The molecule has 1 N–H and O–H groups in total. The van der Waals surface area contributed by atoms with E-state index in [0.717, 1.165) is 5.39 Å². The zero-order valence-electron chi connectivity index (χ0n) is 11.9. The van der Waals surface area contributed by atoms with Crippen LogP contribution in [0.3, 0.4) is 0 Å². The second-order valence-corrected chi connectivity index (χ2v) is 5.59. The third-order valence-electron chi connectivity index (χ3n) is 3.57. The quantitative estimate of drug-likeness (QED) is 0.535. The molecule has 0 unspecified atom stereocenters. The van der Waals surface area contributed by atoms with E-state index in [4.69, 9.17) is 11.6 Å². The summed E-state index contributed by atoms with van der Waals surface area (Å²) in [5, 5.41) is 1.37. The molecule has 4 rings (SSSR count). The Labute approximate surface area is 138 Å². The first-order valence-corrected chi connectivity index (χ1v) is 7.28. The van der Waals surface area contributed by atoms with Crippen molar-refractivity contribution >= 4 is 33.7 Å². The highest BCUT2D eigenvalue weighted by Crippen LogP contribution is 2.30. The van der Waals surface area contributed by atoms with Crippen LogP contribution in [0, 0.1) is 0 Å². The molecule has 0 spiro atoms. The Morgan fingerprint density at radius 2 is 1.88 bits per heavy atom. The Kier molecular flexibility index (Phi) is 3.21. The van der Waals surface area contributed by atoms with Gasteiger partial charge in [-0.25, -0.2) is 15.0 Å². The lowest BCUT2D eigenvalue weighted by molar-refractivity contribution is -0.141. The summed E-state index contributed by atoms with van der Waals surface area (Å²) in [6.45, 7) is 0. The summed E-state index contributed by atoms with van der Waals surface area (Å²) in [5.41, 5.74) is 1.04. The molecule has 0 fully saturated rings. The number of halogens is 4. The van der Waals surface area contributed by atoms with E-state index >= 15 is 0 Å². The van der Waals surface area contributed by atoms with Crippen molar-refractivity contribution in [3.8, 4) is 11.4 Å². The standard InChI is InChI=1S/C16H8ClF3N4/c17-9-3-1-2-8-4-5-10(23-14(8)9)11-6-12-15(24-11)21-7-13(22-12)16(18,19)20/h1-7H,(H,21,24). The number of hydrogen-bond acceptors (Lipinski definition) is 3. The number of fused-ring (bicyclic) bond motifs is 2. The predicted octanol–water partition coefficient (Wildman–Crippen LogP) is 4.85. The molecule has 0 atom stereocenters. The molecule has 24 heavy (non-hydrogen) atoms. The van der Waals surface area contributed by atoms with Gasteiger partial charge in [-0.05, 0) is 18.2 Å². The summed E-state index contributed by atoms with van der Waals surface area (Å²) in [5.74, 6) is 0. The SMILES string of the molecule is FC(F)(F)c1cnc2[nH]c(-c3ccc4cccc(Cl)c4n3)cc2n1. The van der Waals surface area contributed by atoms with Crippen molar-refractivity contribution in [2.45, 2.75) is 6.18 Å². The monoisotopic (exact) mass is 348 g/mol. The zero-order chi connectivity index (χ0) is 16.9. The molecule has 120 valence electrons. The van der Waals surface area contributed by atoms with Gasteiger partial charge >= 0.3 is 6.18 Å². The van der Waals surface area contributed by atoms with Crippen LogP contribution in [0.4, 0.5) is 13.2 Å². The van der Waals surface area contributed by atoms with Crippen molar-refractivity contribution in [1.82, 2.24) is 19.9 Å². The number of rotatable bonds is 1. The molecule has 8 heteroatoms.